The lowest BCUT2D eigenvalue weighted by Gasteiger charge is -2.08. The summed E-state index contributed by atoms with van der Waals surface area (Å²) in [5, 5.41) is 10.1. The van der Waals surface area contributed by atoms with E-state index in [4.69, 9.17) is 0 Å². The van der Waals surface area contributed by atoms with E-state index in [1.54, 1.807) is 0 Å². The van der Waals surface area contributed by atoms with E-state index in [2.05, 4.69) is 41.4 Å². The molecule has 0 amide bonds. The predicted molar refractivity (Wildman–Crippen MR) is 80.7 cm³/mol. The summed E-state index contributed by atoms with van der Waals surface area (Å²) in [4.78, 5) is 18.7. The van der Waals surface area contributed by atoms with Gasteiger partial charge in [-0.1, -0.05) is 22.0 Å². The number of aromatic nitrogens is 4. The highest BCUT2D eigenvalue weighted by atomic mass is 79.9. The number of nitrogens with one attached hydrogen (secondary N) is 3. The van der Waals surface area contributed by atoms with Crippen molar-refractivity contribution in [3.63, 3.8) is 0 Å². The first kappa shape index (κ1) is 12.9. The number of H-pyrrole nitrogens is 2. The Hall–Kier alpha value is -2.15. The number of rotatable bonds is 3. The Morgan fingerprint density at radius 2 is 2.25 bits per heavy atom. The lowest BCUT2D eigenvalue weighted by molar-refractivity contribution is 1.03. The number of nitrogens with zero attached hydrogens (tertiary/aromatic N) is 2. The molecular formula is C13H12BrN5O. The molecule has 0 unspecified atom stereocenters. The van der Waals surface area contributed by atoms with E-state index in [0.29, 0.717) is 23.5 Å². The highest BCUT2D eigenvalue weighted by molar-refractivity contribution is 9.10. The highest BCUT2D eigenvalue weighted by Crippen LogP contribution is 2.17. The van der Waals surface area contributed by atoms with Crippen LogP contribution >= 0.6 is 15.9 Å². The van der Waals surface area contributed by atoms with Crippen molar-refractivity contribution >= 4 is 32.9 Å². The summed E-state index contributed by atoms with van der Waals surface area (Å²) in [7, 11) is 0. The molecule has 0 saturated heterocycles. The third-order valence-corrected chi connectivity index (χ3v) is 3.57. The van der Waals surface area contributed by atoms with Gasteiger partial charge in [0.25, 0.3) is 5.56 Å². The first-order valence-corrected chi connectivity index (χ1v) is 6.85. The van der Waals surface area contributed by atoms with Crippen LogP contribution in [-0.4, -0.2) is 20.2 Å². The molecule has 0 aliphatic rings. The average molecular weight is 334 g/mol. The van der Waals surface area contributed by atoms with Crippen molar-refractivity contribution < 1.29 is 0 Å². The summed E-state index contributed by atoms with van der Waals surface area (Å²) in [5.74, 6) is 0.422. The maximum Gasteiger partial charge on any atom is 0.263 e. The lowest BCUT2D eigenvalue weighted by atomic mass is 10.1. The Balaban J connectivity index is 1.86. The molecule has 0 bridgehead atoms. The molecule has 102 valence electrons. The fraction of sp³-hybridized carbons (Fsp3) is 0.154. The van der Waals surface area contributed by atoms with Crippen molar-refractivity contribution in [2.24, 2.45) is 0 Å². The zero-order valence-corrected chi connectivity index (χ0v) is 12.3. The number of benzene rings is 1. The fourth-order valence-electron chi connectivity index (χ4n) is 1.94. The van der Waals surface area contributed by atoms with Crippen molar-refractivity contribution in [1.82, 2.24) is 20.2 Å². The van der Waals surface area contributed by atoms with Crippen LogP contribution in [0.25, 0.3) is 11.0 Å². The van der Waals surface area contributed by atoms with Gasteiger partial charge in [0.05, 0.1) is 6.20 Å². The van der Waals surface area contributed by atoms with Crippen LogP contribution in [0, 0.1) is 6.92 Å². The van der Waals surface area contributed by atoms with Gasteiger partial charge in [0.2, 0.25) is 5.95 Å². The number of hydrogen-bond donors (Lipinski definition) is 3. The van der Waals surface area contributed by atoms with Crippen LogP contribution in [0.5, 0.6) is 0 Å². The minimum absolute atomic E-state index is 0.211. The molecule has 3 aromatic rings. The molecule has 0 radical (unpaired) electrons. The third kappa shape index (κ3) is 2.44. The van der Waals surface area contributed by atoms with Gasteiger partial charge in [-0.3, -0.25) is 14.9 Å². The molecule has 0 saturated carbocycles. The molecule has 0 aliphatic carbocycles. The van der Waals surface area contributed by atoms with E-state index in [1.807, 2.05) is 25.1 Å². The second-order valence-corrected chi connectivity index (χ2v) is 5.39. The molecular weight excluding hydrogens is 322 g/mol. The van der Waals surface area contributed by atoms with Gasteiger partial charge in [0, 0.05) is 11.0 Å². The van der Waals surface area contributed by atoms with Crippen molar-refractivity contribution in [2.75, 3.05) is 5.32 Å². The molecule has 1 aromatic carbocycles. The molecule has 0 aliphatic heterocycles. The van der Waals surface area contributed by atoms with Gasteiger partial charge in [0.15, 0.2) is 5.65 Å². The van der Waals surface area contributed by atoms with Crippen molar-refractivity contribution in [3.8, 4) is 0 Å². The Labute approximate surface area is 122 Å². The minimum Gasteiger partial charge on any atom is -0.352 e. The highest BCUT2D eigenvalue weighted by Gasteiger charge is 2.06. The Kier molecular flexibility index (Phi) is 3.27. The molecule has 7 heteroatoms. The van der Waals surface area contributed by atoms with E-state index in [-0.39, 0.29) is 5.56 Å². The number of aromatic amines is 2. The monoisotopic (exact) mass is 333 g/mol. The SMILES string of the molecule is Cc1ccc(Br)cc1CNc1nc2[nH]ncc2c(=O)[nH]1. The Morgan fingerprint density at radius 3 is 3.10 bits per heavy atom. The summed E-state index contributed by atoms with van der Waals surface area (Å²) in [5.41, 5.74) is 2.57. The zero-order chi connectivity index (χ0) is 14.1. The van der Waals surface area contributed by atoms with E-state index in [0.717, 1.165) is 10.0 Å². The van der Waals surface area contributed by atoms with Gasteiger partial charge >= 0.3 is 0 Å². The standard InChI is InChI=1S/C13H12BrN5O/c1-7-2-3-9(14)4-8(7)5-15-13-17-11-10(6-16-19-11)12(20)18-13/h2-4,6H,5H2,1H3,(H3,15,16,17,18,19,20). The summed E-state index contributed by atoms with van der Waals surface area (Å²) in [6.07, 6.45) is 1.46. The predicted octanol–water partition coefficient (Wildman–Crippen LogP) is 2.33. The molecule has 0 fully saturated rings. The number of hydrogen-bond acceptors (Lipinski definition) is 4. The van der Waals surface area contributed by atoms with Gasteiger partial charge in [-0.2, -0.15) is 10.1 Å². The van der Waals surface area contributed by atoms with E-state index in [9.17, 15) is 4.79 Å². The number of halogens is 1. The topological polar surface area (TPSA) is 86.5 Å². The largest absolute Gasteiger partial charge is 0.352 e. The van der Waals surface area contributed by atoms with Crippen LogP contribution in [0.3, 0.4) is 0 Å². The maximum atomic E-state index is 11.8. The molecule has 6 nitrogen and oxygen atoms in total. The minimum atomic E-state index is -0.211. The molecule has 3 N–H and O–H groups in total. The van der Waals surface area contributed by atoms with Crippen molar-refractivity contribution in [2.45, 2.75) is 13.5 Å². The van der Waals surface area contributed by atoms with Crippen LogP contribution in [0.2, 0.25) is 0 Å². The van der Waals surface area contributed by atoms with Crippen LogP contribution in [-0.2, 0) is 6.54 Å². The van der Waals surface area contributed by atoms with Crippen LogP contribution in [0.15, 0.2) is 33.7 Å². The normalized spacial score (nSPS) is 10.9. The Bertz CT molecular complexity index is 823. The summed E-state index contributed by atoms with van der Waals surface area (Å²) >= 11 is 3.45. The quantitative estimate of drug-likeness (QED) is 0.686. The molecule has 0 atom stereocenters. The molecule has 2 aromatic heterocycles. The Morgan fingerprint density at radius 1 is 1.40 bits per heavy atom. The first-order valence-electron chi connectivity index (χ1n) is 6.06. The fourth-order valence-corrected chi connectivity index (χ4v) is 2.35. The molecule has 2 heterocycles. The van der Waals surface area contributed by atoms with Crippen molar-refractivity contribution in [1.29, 1.82) is 0 Å². The van der Waals surface area contributed by atoms with Gasteiger partial charge in [0.1, 0.15) is 5.39 Å². The van der Waals surface area contributed by atoms with Gasteiger partial charge in [-0.15, -0.1) is 0 Å². The summed E-state index contributed by atoms with van der Waals surface area (Å²) in [6, 6.07) is 6.07. The van der Waals surface area contributed by atoms with E-state index in [1.165, 1.54) is 11.8 Å². The van der Waals surface area contributed by atoms with Crippen molar-refractivity contribution in [3.05, 3.63) is 50.3 Å². The second-order valence-electron chi connectivity index (χ2n) is 4.47. The zero-order valence-electron chi connectivity index (χ0n) is 10.7. The summed E-state index contributed by atoms with van der Waals surface area (Å²) < 4.78 is 1.02. The second kappa shape index (κ2) is 5.09. The number of fused-ring (bicyclic) bond motifs is 1. The van der Waals surface area contributed by atoms with Gasteiger partial charge in [-0.05, 0) is 30.2 Å². The van der Waals surface area contributed by atoms with E-state index < -0.39 is 0 Å². The summed E-state index contributed by atoms with van der Waals surface area (Å²) in [6.45, 7) is 2.62. The smallest absolute Gasteiger partial charge is 0.263 e. The maximum absolute atomic E-state index is 11.8. The molecule has 20 heavy (non-hydrogen) atoms. The van der Waals surface area contributed by atoms with Gasteiger partial charge < -0.3 is 5.32 Å². The van der Waals surface area contributed by atoms with Gasteiger partial charge in [-0.25, -0.2) is 0 Å². The number of anilines is 1. The lowest BCUT2D eigenvalue weighted by Crippen LogP contribution is -2.13. The average Bonchev–Trinajstić information content (AvgIpc) is 2.89. The first-order chi connectivity index (χ1) is 9.63. The van der Waals surface area contributed by atoms with Crippen LogP contribution in [0.4, 0.5) is 5.95 Å². The third-order valence-electron chi connectivity index (χ3n) is 3.08. The molecule has 3 rings (SSSR count). The van der Waals surface area contributed by atoms with Crippen LogP contribution in [0.1, 0.15) is 11.1 Å². The van der Waals surface area contributed by atoms with E-state index >= 15 is 0 Å². The number of aryl methyl sites for hydroxylation is 1. The van der Waals surface area contributed by atoms with Crippen LogP contribution < -0.4 is 10.9 Å². The molecule has 0 spiro atoms.